The quantitative estimate of drug-likeness (QED) is 0.700. The molecule has 0 bridgehead atoms. The highest BCUT2D eigenvalue weighted by atomic mass is 79.9. The molecule has 0 spiro atoms. The first-order valence-corrected chi connectivity index (χ1v) is 6.37. The first-order valence-electron chi connectivity index (χ1n) is 5.58. The van der Waals surface area contributed by atoms with Crippen molar-refractivity contribution in [2.45, 2.75) is 6.54 Å². The zero-order valence-corrected chi connectivity index (χ0v) is 11.1. The lowest BCUT2D eigenvalue weighted by Crippen LogP contribution is -1.99. The van der Waals surface area contributed by atoms with E-state index in [1.165, 1.54) is 12.1 Å². The third-order valence-electron chi connectivity index (χ3n) is 2.88. The zero-order valence-electron chi connectivity index (χ0n) is 9.48. The Balaban J connectivity index is 2.01. The topological polar surface area (TPSA) is 17.8 Å². The molecule has 0 unspecified atom stereocenters. The second kappa shape index (κ2) is 4.53. The molecule has 0 atom stereocenters. The van der Waals surface area contributed by atoms with Gasteiger partial charge >= 0.3 is 0 Å². The molecule has 0 aliphatic heterocycles. The Labute approximate surface area is 112 Å². The van der Waals surface area contributed by atoms with Gasteiger partial charge in [-0.3, -0.25) is 0 Å². The molecule has 4 heteroatoms. The van der Waals surface area contributed by atoms with E-state index >= 15 is 0 Å². The summed E-state index contributed by atoms with van der Waals surface area (Å²) in [5.41, 5.74) is 3.07. The maximum absolute atomic E-state index is 13.0. The van der Waals surface area contributed by atoms with Gasteiger partial charge in [0.1, 0.15) is 5.82 Å². The summed E-state index contributed by atoms with van der Waals surface area (Å²) in [6, 6.07) is 12.7. The van der Waals surface area contributed by atoms with Crippen LogP contribution in [-0.4, -0.2) is 9.55 Å². The highest BCUT2D eigenvalue weighted by molar-refractivity contribution is 9.10. The van der Waals surface area contributed by atoms with E-state index in [1.807, 2.05) is 28.8 Å². The van der Waals surface area contributed by atoms with Crippen LogP contribution in [0.15, 0.2) is 53.3 Å². The summed E-state index contributed by atoms with van der Waals surface area (Å²) < 4.78 is 15.9. The highest BCUT2D eigenvalue weighted by Crippen LogP contribution is 2.21. The Morgan fingerprint density at radius 1 is 1.17 bits per heavy atom. The van der Waals surface area contributed by atoms with Gasteiger partial charge in [-0.1, -0.05) is 34.1 Å². The average molecular weight is 305 g/mol. The fraction of sp³-hybridized carbons (Fsp3) is 0.0714. The summed E-state index contributed by atoms with van der Waals surface area (Å²) >= 11 is 3.38. The third-order valence-corrected chi connectivity index (χ3v) is 3.62. The number of hydrogen-bond acceptors (Lipinski definition) is 1. The van der Waals surface area contributed by atoms with E-state index in [1.54, 1.807) is 12.4 Å². The van der Waals surface area contributed by atoms with Gasteiger partial charge in [0.15, 0.2) is 0 Å². The van der Waals surface area contributed by atoms with Crippen LogP contribution in [0.4, 0.5) is 4.39 Å². The number of hydrogen-bond donors (Lipinski definition) is 0. The molecule has 90 valence electrons. The van der Waals surface area contributed by atoms with Crippen molar-refractivity contribution in [1.29, 1.82) is 0 Å². The van der Waals surface area contributed by atoms with Crippen LogP contribution in [0.2, 0.25) is 0 Å². The zero-order chi connectivity index (χ0) is 12.5. The molecule has 0 aliphatic rings. The normalized spacial score (nSPS) is 11.0. The molecule has 3 aromatic rings. The van der Waals surface area contributed by atoms with E-state index in [4.69, 9.17) is 0 Å². The number of fused-ring (bicyclic) bond motifs is 1. The lowest BCUT2D eigenvalue weighted by molar-refractivity contribution is 0.625. The molecule has 0 aliphatic carbocycles. The maximum Gasteiger partial charge on any atom is 0.124 e. The average Bonchev–Trinajstić information content (AvgIpc) is 2.76. The molecule has 0 N–H and O–H groups in total. The van der Waals surface area contributed by atoms with E-state index in [-0.39, 0.29) is 5.82 Å². The number of benzene rings is 2. The molecule has 0 saturated carbocycles. The van der Waals surface area contributed by atoms with E-state index < -0.39 is 0 Å². The van der Waals surface area contributed by atoms with E-state index in [0.29, 0.717) is 6.54 Å². The van der Waals surface area contributed by atoms with Crippen molar-refractivity contribution in [3.63, 3.8) is 0 Å². The van der Waals surface area contributed by atoms with E-state index in [9.17, 15) is 4.39 Å². The highest BCUT2D eigenvalue weighted by Gasteiger charge is 2.05. The molecule has 0 fully saturated rings. The Bertz CT molecular complexity index is 706. The molecule has 1 heterocycles. The second-order valence-corrected chi connectivity index (χ2v) is 4.95. The Kier molecular flexibility index (Phi) is 2.88. The van der Waals surface area contributed by atoms with Gasteiger partial charge in [0, 0.05) is 4.47 Å². The van der Waals surface area contributed by atoms with E-state index in [0.717, 1.165) is 21.1 Å². The molecule has 18 heavy (non-hydrogen) atoms. The van der Waals surface area contributed by atoms with Crippen LogP contribution >= 0.6 is 15.9 Å². The molecule has 0 radical (unpaired) electrons. The molecule has 0 saturated heterocycles. The summed E-state index contributed by atoms with van der Waals surface area (Å²) in [5.74, 6) is -0.235. The number of aromatic nitrogens is 2. The van der Waals surface area contributed by atoms with Crippen molar-refractivity contribution in [2.24, 2.45) is 0 Å². The van der Waals surface area contributed by atoms with Crippen molar-refractivity contribution in [3.05, 3.63) is 64.6 Å². The number of halogens is 2. The van der Waals surface area contributed by atoms with Crippen molar-refractivity contribution >= 4 is 27.0 Å². The molecule has 1 aromatic heterocycles. The van der Waals surface area contributed by atoms with Crippen LogP contribution in [-0.2, 0) is 6.54 Å². The number of imidazole rings is 1. The van der Waals surface area contributed by atoms with Crippen LogP contribution in [0.5, 0.6) is 0 Å². The minimum atomic E-state index is -0.235. The summed E-state index contributed by atoms with van der Waals surface area (Å²) in [6.07, 6.45) is 1.81. The molecular weight excluding hydrogens is 295 g/mol. The van der Waals surface area contributed by atoms with Gasteiger partial charge in [-0.05, 0) is 29.8 Å². The Morgan fingerprint density at radius 3 is 2.83 bits per heavy atom. The first-order chi connectivity index (χ1) is 8.74. The summed E-state index contributed by atoms with van der Waals surface area (Å²) in [7, 11) is 0. The fourth-order valence-electron chi connectivity index (χ4n) is 1.97. The van der Waals surface area contributed by atoms with E-state index in [2.05, 4.69) is 20.9 Å². The Morgan fingerprint density at radius 2 is 2.00 bits per heavy atom. The smallest absolute Gasteiger partial charge is 0.124 e. The van der Waals surface area contributed by atoms with Gasteiger partial charge in [0.05, 0.1) is 23.9 Å². The third kappa shape index (κ3) is 2.04. The van der Waals surface area contributed by atoms with Crippen LogP contribution in [0.3, 0.4) is 0 Å². The van der Waals surface area contributed by atoms with Crippen LogP contribution < -0.4 is 0 Å². The summed E-state index contributed by atoms with van der Waals surface area (Å²) in [4.78, 5) is 4.34. The maximum atomic E-state index is 13.0. The standard InChI is InChI=1S/C14H10BrFN2/c15-12-7-11(16)6-5-10(12)8-18-9-17-13-3-1-2-4-14(13)18/h1-7,9H,8H2. The SMILES string of the molecule is Fc1ccc(Cn2cnc3ccccc32)c(Br)c1. The van der Waals surface area contributed by atoms with Crippen LogP contribution in [0.25, 0.3) is 11.0 Å². The molecule has 2 nitrogen and oxygen atoms in total. The molecular formula is C14H10BrFN2. The van der Waals surface area contributed by atoms with Gasteiger partial charge in [0.2, 0.25) is 0 Å². The van der Waals surface area contributed by atoms with Crippen molar-refractivity contribution in [1.82, 2.24) is 9.55 Å². The minimum absolute atomic E-state index is 0.235. The largest absolute Gasteiger partial charge is 0.326 e. The number of rotatable bonds is 2. The number of nitrogens with zero attached hydrogens (tertiary/aromatic N) is 2. The predicted molar refractivity (Wildman–Crippen MR) is 72.9 cm³/mol. The molecule has 0 amide bonds. The van der Waals surface area contributed by atoms with Gasteiger partial charge < -0.3 is 4.57 Å². The van der Waals surface area contributed by atoms with Gasteiger partial charge in [-0.15, -0.1) is 0 Å². The second-order valence-electron chi connectivity index (χ2n) is 4.10. The van der Waals surface area contributed by atoms with Gasteiger partial charge in [-0.2, -0.15) is 0 Å². The van der Waals surface area contributed by atoms with Crippen LogP contribution in [0, 0.1) is 5.82 Å². The van der Waals surface area contributed by atoms with Crippen molar-refractivity contribution < 1.29 is 4.39 Å². The first kappa shape index (κ1) is 11.4. The van der Waals surface area contributed by atoms with Crippen LogP contribution in [0.1, 0.15) is 5.56 Å². The predicted octanol–water partition coefficient (Wildman–Crippen LogP) is 3.99. The molecule has 2 aromatic carbocycles. The summed E-state index contributed by atoms with van der Waals surface area (Å²) in [6.45, 7) is 0.668. The minimum Gasteiger partial charge on any atom is -0.326 e. The van der Waals surface area contributed by atoms with Gasteiger partial charge in [-0.25, -0.2) is 9.37 Å². The number of para-hydroxylation sites is 2. The van der Waals surface area contributed by atoms with Gasteiger partial charge in [0.25, 0.3) is 0 Å². The van der Waals surface area contributed by atoms with Crippen molar-refractivity contribution in [2.75, 3.05) is 0 Å². The fourth-order valence-corrected chi connectivity index (χ4v) is 2.45. The lowest BCUT2D eigenvalue weighted by Gasteiger charge is -2.07. The lowest BCUT2D eigenvalue weighted by atomic mass is 10.2. The Hall–Kier alpha value is -1.68. The van der Waals surface area contributed by atoms with Crippen molar-refractivity contribution in [3.8, 4) is 0 Å². The molecule has 3 rings (SSSR count). The monoisotopic (exact) mass is 304 g/mol. The summed E-state index contributed by atoms with van der Waals surface area (Å²) in [5, 5.41) is 0.